The average molecular weight is 360 g/mol. The predicted molar refractivity (Wildman–Crippen MR) is 82.0 cm³/mol. The first-order valence-electron chi connectivity index (χ1n) is 6.90. The number of methoxy groups -OCH3 is 1. The number of imidazole rings is 1. The second-order valence-electron chi connectivity index (χ2n) is 5.09. The Morgan fingerprint density at radius 3 is 2.79 bits per heavy atom. The molecule has 24 heavy (non-hydrogen) atoms. The Morgan fingerprint density at radius 2 is 2.17 bits per heavy atom. The van der Waals surface area contributed by atoms with Crippen molar-refractivity contribution in [1.29, 1.82) is 0 Å². The summed E-state index contributed by atoms with van der Waals surface area (Å²) in [5, 5.41) is 9.46. The Labute approximate surface area is 136 Å². The molecule has 0 amide bonds. The lowest BCUT2D eigenvalue weighted by Gasteiger charge is -2.22. The van der Waals surface area contributed by atoms with Gasteiger partial charge in [0.2, 0.25) is 5.95 Å². The zero-order valence-electron chi connectivity index (χ0n) is 12.6. The van der Waals surface area contributed by atoms with Gasteiger partial charge in [-0.2, -0.15) is 9.97 Å². The zero-order chi connectivity index (χ0) is 17.4. The molecule has 0 radical (unpaired) electrons. The summed E-state index contributed by atoms with van der Waals surface area (Å²) in [5.74, 6) is 0.0655. The first kappa shape index (κ1) is 17.0. The van der Waals surface area contributed by atoms with Gasteiger partial charge in [-0.1, -0.05) is 0 Å². The predicted octanol–water partition coefficient (Wildman–Crippen LogP) is -1.34. The van der Waals surface area contributed by atoms with Crippen LogP contribution >= 0.6 is 8.25 Å². The van der Waals surface area contributed by atoms with E-state index in [1.54, 1.807) is 0 Å². The molecule has 3 unspecified atom stereocenters. The van der Waals surface area contributed by atoms with E-state index in [4.69, 9.17) is 30.4 Å². The maximum absolute atomic E-state index is 11.1. The molecule has 1 saturated heterocycles. The Morgan fingerprint density at radius 1 is 1.42 bits per heavy atom. The molecule has 3 heterocycles. The molecule has 2 aromatic heterocycles. The van der Waals surface area contributed by atoms with Crippen LogP contribution in [0.25, 0.3) is 11.2 Å². The van der Waals surface area contributed by atoms with E-state index < -0.39 is 39.4 Å². The highest BCUT2D eigenvalue weighted by molar-refractivity contribution is 7.32. The van der Waals surface area contributed by atoms with Crippen molar-refractivity contribution in [2.75, 3.05) is 25.2 Å². The number of fused-ring (bicyclic) bond motifs is 1. The molecular weight excluding hydrogens is 343 g/mol. The fraction of sp³-hybridized carbons (Fsp3) is 0.545. The summed E-state index contributed by atoms with van der Waals surface area (Å²) in [6.45, 7) is -0.429. The van der Waals surface area contributed by atoms with Crippen molar-refractivity contribution in [3.05, 3.63) is 6.33 Å². The van der Waals surface area contributed by atoms with Crippen molar-refractivity contribution in [2.24, 2.45) is 0 Å². The molecule has 2 aromatic rings. The summed E-state index contributed by atoms with van der Waals surface area (Å²) in [4.78, 5) is 21.1. The van der Waals surface area contributed by atoms with E-state index in [2.05, 4.69) is 15.0 Å². The highest BCUT2D eigenvalue weighted by atomic mass is 31.1. The van der Waals surface area contributed by atoms with Gasteiger partial charge in [0.1, 0.15) is 23.8 Å². The number of nitrogen functional groups attached to an aromatic ring is 2. The van der Waals surface area contributed by atoms with Crippen molar-refractivity contribution in [3.8, 4) is 0 Å². The van der Waals surface area contributed by atoms with Gasteiger partial charge in [-0.25, -0.2) is 4.98 Å². The topological polar surface area (TPSA) is 181 Å². The van der Waals surface area contributed by atoms with Gasteiger partial charge < -0.3 is 35.5 Å². The number of hydrogen-bond acceptors (Lipinski definition) is 10. The van der Waals surface area contributed by atoms with E-state index in [0.29, 0.717) is 11.2 Å². The molecule has 6 N–H and O–H groups in total. The fourth-order valence-electron chi connectivity index (χ4n) is 2.73. The van der Waals surface area contributed by atoms with Gasteiger partial charge in [-0.05, 0) is 0 Å². The summed E-state index contributed by atoms with van der Waals surface area (Å²) in [7, 11) is -1.87. The van der Waals surface area contributed by atoms with Crippen molar-refractivity contribution < 1.29 is 28.6 Å². The van der Waals surface area contributed by atoms with E-state index in [0.717, 1.165) is 0 Å². The Balaban J connectivity index is 2.03. The van der Waals surface area contributed by atoms with E-state index in [1.165, 1.54) is 18.0 Å². The van der Waals surface area contributed by atoms with Crippen LogP contribution in [0.15, 0.2) is 6.33 Å². The van der Waals surface area contributed by atoms with Crippen LogP contribution in [0.2, 0.25) is 0 Å². The number of hydrogen-bond donors (Lipinski definition) is 4. The molecule has 0 spiro atoms. The smallest absolute Gasteiger partial charge is 0.317 e. The lowest BCUT2D eigenvalue weighted by molar-refractivity contribution is -0.0583. The highest BCUT2D eigenvalue weighted by Gasteiger charge is 2.48. The second kappa shape index (κ2) is 6.59. The van der Waals surface area contributed by atoms with Gasteiger partial charge in [0.15, 0.2) is 17.7 Å². The zero-order valence-corrected chi connectivity index (χ0v) is 13.6. The van der Waals surface area contributed by atoms with E-state index >= 15 is 0 Å². The van der Waals surface area contributed by atoms with Crippen LogP contribution in [-0.4, -0.2) is 61.5 Å². The molecule has 13 heteroatoms. The standard InChI is InChI=1S/C11H17N6O6P/c1-21-7-6(23-24(19)20)4(2-18)22-10(7)17-3-14-5-8(12)15-11(13)16-9(5)17/h3-4,6-7,10,18,24H,2H2,1H3,(H,19,20)(H4,12,13,15,16)/t4-,6?,7?,10-/m1/s1. The summed E-state index contributed by atoms with van der Waals surface area (Å²) in [5.41, 5.74) is 12.0. The first-order valence-corrected chi connectivity index (χ1v) is 8.16. The molecule has 0 aromatic carbocycles. The minimum Gasteiger partial charge on any atom is -0.394 e. The number of nitrogens with two attached hydrogens (primary N) is 2. The second-order valence-corrected chi connectivity index (χ2v) is 5.85. The third-order valence-electron chi connectivity index (χ3n) is 3.71. The van der Waals surface area contributed by atoms with Gasteiger partial charge in [0.25, 0.3) is 0 Å². The molecule has 132 valence electrons. The molecule has 0 bridgehead atoms. The minimum absolute atomic E-state index is 0.0411. The molecule has 3 rings (SSSR count). The summed E-state index contributed by atoms with van der Waals surface area (Å²) < 4.78 is 28.6. The largest absolute Gasteiger partial charge is 0.394 e. The molecular formula is C11H17N6O6P. The number of aromatic nitrogens is 4. The van der Waals surface area contributed by atoms with Crippen LogP contribution in [0, 0.1) is 0 Å². The average Bonchev–Trinajstić information content (AvgIpc) is 3.07. The van der Waals surface area contributed by atoms with Crippen LogP contribution in [0.4, 0.5) is 11.8 Å². The van der Waals surface area contributed by atoms with Gasteiger partial charge in [0, 0.05) is 7.11 Å². The van der Waals surface area contributed by atoms with Gasteiger partial charge in [0.05, 0.1) is 12.9 Å². The van der Waals surface area contributed by atoms with Crippen molar-refractivity contribution >= 4 is 31.2 Å². The van der Waals surface area contributed by atoms with E-state index in [9.17, 15) is 9.67 Å². The molecule has 0 saturated carbocycles. The lowest BCUT2D eigenvalue weighted by atomic mass is 10.1. The SMILES string of the molecule is COC1C(O[PH](=O)O)[C@@H](CO)O[C@H]1n1cnc2c(N)nc(N)nc21. The monoisotopic (exact) mass is 360 g/mol. The van der Waals surface area contributed by atoms with Crippen LogP contribution in [0.3, 0.4) is 0 Å². The fourth-order valence-corrected chi connectivity index (χ4v) is 3.25. The van der Waals surface area contributed by atoms with Gasteiger partial charge >= 0.3 is 8.25 Å². The Kier molecular flexibility index (Phi) is 4.67. The lowest BCUT2D eigenvalue weighted by Crippen LogP contribution is -2.36. The van der Waals surface area contributed by atoms with Crippen molar-refractivity contribution in [1.82, 2.24) is 19.5 Å². The number of aliphatic hydroxyl groups excluding tert-OH is 1. The number of aliphatic hydroxyl groups is 1. The summed E-state index contributed by atoms with van der Waals surface area (Å²) >= 11 is 0. The Hall–Kier alpha value is -1.82. The molecule has 12 nitrogen and oxygen atoms in total. The number of ether oxygens (including phenoxy) is 2. The van der Waals surface area contributed by atoms with Crippen LogP contribution in [0.5, 0.6) is 0 Å². The number of nitrogens with zero attached hydrogens (tertiary/aromatic N) is 4. The quantitative estimate of drug-likeness (QED) is 0.463. The summed E-state index contributed by atoms with van der Waals surface area (Å²) in [6, 6.07) is 0. The van der Waals surface area contributed by atoms with E-state index in [1.807, 2.05) is 0 Å². The minimum atomic E-state index is -3.26. The third-order valence-corrected chi connectivity index (χ3v) is 4.19. The van der Waals surface area contributed by atoms with Crippen LogP contribution in [0.1, 0.15) is 6.23 Å². The number of rotatable bonds is 5. The van der Waals surface area contributed by atoms with Gasteiger partial charge in [-0.3, -0.25) is 9.13 Å². The molecule has 1 aliphatic heterocycles. The first-order chi connectivity index (χ1) is 11.5. The molecule has 5 atom stereocenters. The number of anilines is 2. The van der Waals surface area contributed by atoms with Crippen LogP contribution < -0.4 is 11.5 Å². The molecule has 0 aliphatic carbocycles. The molecule has 1 fully saturated rings. The van der Waals surface area contributed by atoms with Gasteiger partial charge in [-0.15, -0.1) is 0 Å². The maximum Gasteiger partial charge on any atom is 0.317 e. The normalized spacial score (nSPS) is 28.5. The van der Waals surface area contributed by atoms with Crippen molar-refractivity contribution in [3.63, 3.8) is 0 Å². The van der Waals surface area contributed by atoms with E-state index in [-0.39, 0.29) is 11.8 Å². The van der Waals surface area contributed by atoms with Crippen molar-refractivity contribution in [2.45, 2.75) is 24.5 Å². The molecule has 1 aliphatic rings. The third kappa shape index (κ3) is 2.83. The Bertz CT molecular complexity index is 771. The maximum atomic E-state index is 11.1. The highest BCUT2D eigenvalue weighted by Crippen LogP contribution is 2.38. The summed E-state index contributed by atoms with van der Waals surface area (Å²) in [6.07, 6.45) is -2.02. The van der Waals surface area contributed by atoms with Crippen LogP contribution in [-0.2, 0) is 18.6 Å².